The summed E-state index contributed by atoms with van der Waals surface area (Å²) in [5, 5.41) is 2.89. The van der Waals surface area contributed by atoms with E-state index in [9.17, 15) is 8.78 Å². The zero-order valence-electron chi connectivity index (χ0n) is 11.4. The summed E-state index contributed by atoms with van der Waals surface area (Å²) in [7, 11) is 1.72. The lowest BCUT2D eigenvalue weighted by molar-refractivity contribution is 0.446. The summed E-state index contributed by atoms with van der Waals surface area (Å²) < 4.78 is 31.6. The van der Waals surface area contributed by atoms with Gasteiger partial charge in [-0.3, -0.25) is 0 Å². The Balaban J connectivity index is 2.34. The summed E-state index contributed by atoms with van der Waals surface area (Å²) in [4.78, 5) is 8.50. The largest absolute Gasteiger partial charge is 0.439 e. The van der Waals surface area contributed by atoms with Crippen LogP contribution in [0.5, 0.6) is 11.6 Å². The van der Waals surface area contributed by atoms with Crippen molar-refractivity contribution in [2.75, 3.05) is 12.4 Å². The van der Waals surface area contributed by atoms with Crippen LogP contribution in [0, 0.1) is 11.6 Å². The Morgan fingerprint density at radius 2 is 1.70 bits per heavy atom. The van der Waals surface area contributed by atoms with Crippen molar-refractivity contribution in [1.82, 2.24) is 9.97 Å². The maximum Gasteiger partial charge on any atom is 0.224 e. The molecule has 0 saturated heterocycles. The average molecular weight is 279 g/mol. The highest BCUT2D eigenvalue weighted by atomic mass is 19.1. The van der Waals surface area contributed by atoms with E-state index in [2.05, 4.69) is 15.3 Å². The molecule has 0 aliphatic rings. The standard InChI is InChI=1S/C14H15F2N3O/c1-8(2)14-18-12(17-3)7-13(19-14)20-11-5-9(15)4-10(16)6-11/h4-8H,1-3H3,(H,17,18,19). The summed E-state index contributed by atoms with van der Waals surface area (Å²) in [6.07, 6.45) is 0. The van der Waals surface area contributed by atoms with E-state index in [0.29, 0.717) is 11.6 Å². The van der Waals surface area contributed by atoms with Crippen LogP contribution >= 0.6 is 0 Å². The fourth-order valence-electron chi connectivity index (χ4n) is 1.59. The van der Waals surface area contributed by atoms with E-state index < -0.39 is 11.6 Å². The lowest BCUT2D eigenvalue weighted by Crippen LogP contribution is -2.03. The van der Waals surface area contributed by atoms with Crippen LogP contribution in [-0.4, -0.2) is 17.0 Å². The Morgan fingerprint density at radius 3 is 2.25 bits per heavy atom. The molecular weight excluding hydrogens is 264 g/mol. The highest BCUT2D eigenvalue weighted by Gasteiger charge is 2.10. The van der Waals surface area contributed by atoms with E-state index in [0.717, 1.165) is 18.2 Å². The number of ether oxygens (including phenoxy) is 1. The molecule has 1 aromatic carbocycles. The predicted octanol–water partition coefficient (Wildman–Crippen LogP) is 3.71. The van der Waals surface area contributed by atoms with Gasteiger partial charge in [-0.1, -0.05) is 13.8 Å². The Bertz CT molecular complexity index is 597. The number of nitrogens with one attached hydrogen (secondary N) is 1. The number of halogens is 2. The van der Waals surface area contributed by atoms with Gasteiger partial charge in [-0.05, 0) is 0 Å². The van der Waals surface area contributed by atoms with E-state index in [-0.39, 0.29) is 17.5 Å². The molecule has 0 aliphatic heterocycles. The van der Waals surface area contributed by atoms with Crippen LogP contribution in [0.4, 0.5) is 14.6 Å². The molecule has 4 nitrogen and oxygen atoms in total. The van der Waals surface area contributed by atoms with Crippen molar-refractivity contribution in [3.05, 3.63) is 41.7 Å². The molecular formula is C14H15F2N3O. The van der Waals surface area contributed by atoms with Gasteiger partial charge in [0.2, 0.25) is 5.88 Å². The van der Waals surface area contributed by atoms with Gasteiger partial charge >= 0.3 is 0 Å². The first kappa shape index (κ1) is 14.2. The third-order valence-corrected chi connectivity index (χ3v) is 2.55. The molecule has 2 rings (SSSR count). The van der Waals surface area contributed by atoms with E-state index in [1.165, 1.54) is 0 Å². The summed E-state index contributed by atoms with van der Waals surface area (Å²) >= 11 is 0. The number of rotatable bonds is 4. The van der Waals surface area contributed by atoms with Crippen molar-refractivity contribution < 1.29 is 13.5 Å². The minimum atomic E-state index is -0.702. The molecule has 0 atom stereocenters. The number of aromatic nitrogens is 2. The quantitative estimate of drug-likeness (QED) is 0.926. The zero-order chi connectivity index (χ0) is 14.7. The van der Waals surface area contributed by atoms with Gasteiger partial charge in [-0.25, -0.2) is 13.8 Å². The summed E-state index contributed by atoms with van der Waals surface area (Å²) in [5.41, 5.74) is 0. The van der Waals surface area contributed by atoms with Gasteiger partial charge in [0.15, 0.2) is 0 Å². The Hall–Kier alpha value is -2.24. The first-order valence-corrected chi connectivity index (χ1v) is 6.18. The first-order valence-electron chi connectivity index (χ1n) is 6.18. The van der Waals surface area contributed by atoms with E-state index in [1.807, 2.05) is 13.8 Å². The monoisotopic (exact) mass is 279 g/mol. The van der Waals surface area contributed by atoms with Gasteiger partial charge in [-0.2, -0.15) is 4.98 Å². The Labute approximate surface area is 115 Å². The van der Waals surface area contributed by atoms with Gasteiger partial charge in [0.1, 0.15) is 29.0 Å². The van der Waals surface area contributed by atoms with Gasteiger partial charge in [0, 0.05) is 37.2 Å². The molecule has 6 heteroatoms. The second-order valence-corrected chi connectivity index (χ2v) is 4.56. The molecule has 1 heterocycles. The molecule has 2 aromatic rings. The van der Waals surface area contributed by atoms with Crippen molar-refractivity contribution in [2.24, 2.45) is 0 Å². The van der Waals surface area contributed by atoms with Gasteiger partial charge in [0.05, 0.1) is 0 Å². The molecule has 0 spiro atoms. The summed E-state index contributed by atoms with van der Waals surface area (Å²) in [5.74, 6) is 0.157. The number of nitrogens with zero attached hydrogens (tertiary/aromatic N) is 2. The molecule has 1 aromatic heterocycles. The molecule has 106 valence electrons. The average Bonchev–Trinajstić information content (AvgIpc) is 2.36. The molecule has 1 N–H and O–H groups in total. The van der Waals surface area contributed by atoms with E-state index in [4.69, 9.17) is 4.74 Å². The fourth-order valence-corrected chi connectivity index (χ4v) is 1.59. The van der Waals surface area contributed by atoms with Crippen LogP contribution in [0.25, 0.3) is 0 Å². The van der Waals surface area contributed by atoms with Gasteiger partial charge in [-0.15, -0.1) is 0 Å². The lowest BCUT2D eigenvalue weighted by atomic mass is 10.2. The molecule has 0 bridgehead atoms. The zero-order valence-corrected chi connectivity index (χ0v) is 11.4. The molecule has 0 fully saturated rings. The van der Waals surface area contributed by atoms with Crippen LogP contribution in [0.1, 0.15) is 25.6 Å². The molecule has 0 saturated carbocycles. The van der Waals surface area contributed by atoms with E-state index in [1.54, 1.807) is 13.1 Å². The Morgan fingerprint density at radius 1 is 1.05 bits per heavy atom. The topological polar surface area (TPSA) is 47.0 Å². The maximum absolute atomic E-state index is 13.1. The molecule has 0 amide bonds. The van der Waals surface area contributed by atoms with Crippen LogP contribution in [-0.2, 0) is 0 Å². The smallest absolute Gasteiger partial charge is 0.224 e. The second-order valence-electron chi connectivity index (χ2n) is 4.56. The normalized spacial score (nSPS) is 10.7. The van der Waals surface area contributed by atoms with Crippen LogP contribution in [0.3, 0.4) is 0 Å². The number of hydrogen-bond acceptors (Lipinski definition) is 4. The van der Waals surface area contributed by atoms with Gasteiger partial charge < -0.3 is 10.1 Å². The number of benzene rings is 1. The minimum absolute atomic E-state index is 0.0537. The first-order chi connectivity index (χ1) is 9.47. The maximum atomic E-state index is 13.1. The molecule has 0 radical (unpaired) electrons. The van der Waals surface area contributed by atoms with Crippen molar-refractivity contribution in [2.45, 2.75) is 19.8 Å². The number of anilines is 1. The van der Waals surface area contributed by atoms with Crippen molar-refractivity contribution in [1.29, 1.82) is 0 Å². The van der Waals surface area contributed by atoms with Gasteiger partial charge in [0.25, 0.3) is 0 Å². The summed E-state index contributed by atoms with van der Waals surface area (Å²) in [6, 6.07) is 4.54. The minimum Gasteiger partial charge on any atom is -0.439 e. The molecule has 0 unspecified atom stereocenters. The third-order valence-electron chi connectivity index (χ3n) is 2.55. The van der Waals surface area contributed by atoms with Crippen molar-refractivity contribution in [3.63, 3.8) is 0 Å². The second kappa shape index (κ2) is 5.81. The number of hydrogen-bond donors (Lipinski definition) is 1. The van der Waals surface area contributed by atoms with Crippen molar-refractivity contribution >= 4 is 5.82 Å². The van der Waals surface area contributed by atoms with Crippen molar-refractivity contribution in [3.8, 4) is 11.6 Å². The van der Waals surface area contributed by atoms with Crippen LogP contribution in [0.15, 0.2) is 24.3 Å². The predicted molar refractivity (Wildman–Crippen MR) is 72.1 cm³/mol. The molecule has 0 aliphatic carbocycles. The Kier molecular flexibility index (Phi) is 4.12. The van der Waals surface area contributed by atoms with Crippen LogP contribution < -0.4 is 10.1 Å². The highest BCUT2D eigenvalue weighted by molar-refractivity contribution is 5.40. The SMILES string of the molecule is CNc1cc(Oc2cc(F)cc(F)c2)nc(C(C)C)n1. The highest BCUT2D eigenvalue weighted by Crippen LogP contribution is 2.25. The van der Waals surface area contributed by atoms with Crippen LogP contribution in [0.2, 0.25) is 0 Å². The fraction of sp³-hybridized carbons (Fsp3) is 0.286. The lowest BCUT2D eigenvalue weighted by Gasteiger charge is -2.10. The van der Waals surface area contributed by atoms with E-state index >= 15 is 0 Å². The molecule has 20 heavy (non-hydrogen) atoms. The summed E-state index contributed by atoms with van der Waals surface area (Å²) in [6.45, 7) is 3.89. The third kappa shape index (κ3) is 3.40.